The number of ether oxygens (including phenoxy) is 2. The van der Waals surface area contributed by atoms with Crippen molar-refractivity contribution in [3.8, 4) is 11.5 Å². The lowest BCUT2D eigenvalue weighted by molar-refractivity contribution is 0.174. The third-order valence-electron chi connectivity index (χ3n) is 3.62. The molecule has 3 rings (SSSR count). The molecule has 120 valence electrons. The number of nitrogens with one attached hydrogen (secondary N) is 2. The number of halogens is 1. The van der Waals surface area contributed by atoms with Gasteiger partial charge in [0.1, 0.15) is 5.82 Å². The van der Waals surface area contributed by atoms with Gasteiger partial charge in [-0.25, -0.2) is 9.18 Å². The topological polar surface area (TPSA) is 59.6 Å². The van der Waals surface area contributed by atoms with Crippen LogP contribution in [0.25, 0.3) is 0 Å². The molecule has 0 saturated carbocycles. The SMILES string of the molecule is CC(C)(NC(=O)Nc1ccc2c(c1)OCO2)c1ccc(F)cc1. The van der Waals surface area contributed by atoms with E-state index in [1.54, 1.807) is 30.3 Å². The molecule has 0 unspecified atom stereocenters. The van der Waals surface area contributed by atoms with E-state index >= 15 is 0 Å². The van der Waals surface area contributed by atoms with Gasteiger partial charge in [-0.15, -0.1) is 0 Å². The van der Waals surface area contributed by atoms with Gasteiger partial charge in [0.25, 0.3) is 0 Å². The standard InChI is InChI=1S/C17H17FN2O3/c1-17(2,11-3-5-12(18)6-4-11)20-16(21)19-13-7-8-14-15(9-13)23-10-22-14/h3-9H,10H2,1-2H3,(H2,19,20,21). The zero-order chi connectivity index (χ0) is 16.4. The largest absolute Gasteiger partial charge is 0.454 e. The third kappa shape index (κ3) is 3.36. The summed E-state index contributed by atoms with van der Waals surface area (Å²) in [6, 6.07) is 10.8. The number of carbonyl (C=O) groups excluding carboxylic acids is 1. The van der Waals surface area contributed by atoms with Crippen molar-refractivity contribution in [2.75, 3.05) is 12.1 Å². The van der Waals surface area contributed by atoms with Gasteiger partial charge in [-0.1, -0.05) is 12.1 Å². The summed E-state index contributed by atoms with van der Waals surface area (Å²) in [5.74, 6) is 0.942. The number of urea groups is 1. The predicted octanol–water partition coefficient (Wildman–Crippen LogP) is 3.61. The van der Waals surface area contributed by atoms with Crippen LogP contribution in [0.2, 0.25) is 0 Å². The Morgan fingerprint density at radius 3 is 2.52 bits per heavy atom. The number of amides is 2. The van der Waals surface area contributed by atoms with Crippen LogP contribution in [0.5, 0.6) is 11.5 Å². The second kappa shape index (κ2) is 5.79. The third-order valence-corrected chi connectivity index (χ3v) is 3.62. The first-order chi connectivity index (χ1) is 10.9. The minimum Gasteiger partial charge on any atom is -0.454 e. The summed E-state index contributed by atoms with van der Waals surface area (Å²) in [5, 5.41) is 5.61. The summed E-state index contributed by atoms with van der Waals surface area (Å²) in [4.78, 5) is 12.2. The number of benzene rings is 2. The molecule has 0 atom stereocenters. The average Bonchev–Trinajstić information content (AvgIpc) is 2.94. The van der Waals surface area contributed by atoms with Gasteiger partial charge in [-0.2, -0.15) is 0 Å². The van der Waals surface area contributed by atoms with E-state index in [1.807, 2.05) is 13.8 Å². The maximum absolute atomic E-state index is 13.0. The Balaban J connectivity index is 1.67. The van der Waals surface area contributed by atoms with Gasteiger partial charge in [-0.05, 0) is 43.7 Å². The molecule has 1 heterocycles. The molecular formula is C17H17FN2O3. The maximum atomic E-state index is 13.0. The molecule has 2 aromatic carbocycles. The highest BCUT2D eigenvalue weighted by Gasteiger charge is 2.23. The normalized spacial score (nSPS) is 12.8. The molecule has 0 radical (unpaired) electrons. The van der Waals surface area contributed by atoms with Gasteiger partial charge in [0, 0.05) is 11.8 Å². The van der Waals surface area contributed by atoms with Crippen LogP contribution in [-0.4, -0.2) is 12.8 Å². The smallest absolute Gasteiger partial charge is 0.319 e. The summed E-state index contributed by atoms with van der Waals surface area (Å²) in [5.41, 5.74) is 0.759. The second-order valence-corrected chi connectivity index (χ2v) is 5.78. The van der Waals surface area contributed by atoms with E-state index in [-0.39, 0.29) is 18.6 Å². The van der Waals surface area contributed by atoms with Gasteiger partial charge in [0.2, 0.25) is 6.79 Å². The Hall–Kier alpha value is -2.76. The van der Waals surface area contributed by atoms with Crippen molar-refractivity contribution >= 4 is 11.7 Å². The molecule has 0 aliphatic carbocycles. The van der Waals surface area contributed by atoms with Gasteiger partial charge in [0.15, 0.2) is 11.5 Å². The fourth-order valence-corrected chi connectivity index (χ4v) is 2.36. The van der Waals surface area contributed by atoms with Crippen molar-refractivity contribution in [2.45, 2.75) is 19.4 Å². The van der Waals surface area contributed by atoms with Crippen molar-refractivity contribution < 1.29 is 18.7 Å². The monoisotopic (exact) mass is 316 g/mol. The molecule has 2 aromatic rings. The van der Waals surface area contributed by atoms with E-state index in [1.165, 1.54) is 12.1 Å². The van der Waals surface area contributed by atoms with Crippen LogP contribution in [-0.2, 0) is 5.54 Å². The molecule has 0 fully saturated rings. The highest BCUT2D eigenvalue weighted by molar-refractivity contribution is 5.90. The quantitative estimate of drug-likeness (QED) is 0.909. The molecular weight excluding hydrogens is 299 g/mol. The lowest BCUT2D eigenvalue weighted by Gasteiger charge is -2.27. The summed E-state index contributed by atoms with van der Waals surface area (Å²) in [7, 11) is 0. The lowest BCUT2D eigenvalue weighted by Crippen LogP contribution is -2.43. The molecule has 23 heavy (non-hydrogen) atoms. The van der Waals surface area contributed by atoms with E-state index in [0.717, 1.165) is 5.56 Å². The van der Waals surface area contributed by atoms with Crippen LogP contribution in [0.1, 0.15) is 19.4 Å². The Morgan fingerprint density at radius 2 is 1.78 bits per heavy atom. The molecule has 6 heteroatoms. The minimum absolute atomic E-state index is 0.183. The van der Waals surface area contributed by atoms with E-state index in [2.05, 4.69) is 10.6 Å². The molecule has 2 N–H and O–H groups in total. The summed E-state index contributed by atoms with van der Waals surface area (Å²) < 4.78 is 23.5. The zero-order valence-electron chi connectivity index (χ0n) is 12.9. The summed E-state index contributed by atoms with van der Waals surface area (Å²) >= 11 is 0. The minimum atomic E-state index is -0.645. The van der Waals surface area contributed by atoms with Crippen LogP contribution in [0.3, 0.4) is 0 Å². The first-order valence-electron chi connectivity index (χ1n) is 7.19. The van der Waals surface area contributed by atoms with Gasteiger partial charge >= 0.3 is 6.03 Å². The molecule has 0 aromatic heterocycles. The number of fused-ring (bicyclic) bond motifs is 1. The molecule has 0 bridgehead atoms. The Kier molecular flexibility index (Phi) is 3.82. The first-order valence-corrected chi connectivity index (χ1v) is 7.19. The van der Waals surface area contributed by atoms with Crippen LogP contribution >= 0.6 is 0 Å². The Morgan fingerprint density at radius 1 is 1.09 bits per heavy atom. The number of hydrogen-bond acceptors (Lipinski definition) is 3. The zero-order valence-corrected chi connectivity index (χ0v) is 12.9. The number of anilines is 1. The molecule has 0 saturated heterocycles. The summed E-state index contributed by atoms with van der Waals surface area (Å²) in [6.45, 7) is 3.88. The van der Waals surface area contributed by atoms with E-state index in [4.69, 9.17) is 9.47 Å². The molecule has 0 spiro atoms. The van der Waals surface area contributed by atoms with Crippen LogP contribution < -0.4 is 20.1 Å². The predicted molar refractivity (Wildman–Crippen MR) is 84.1 cm³/mol. The number of carbonyl (C=O) groups is 1. The Labute approximate surface area is 133 Å². The summed E-state index contributed by atoms with van der Waals surface area (Å²) in [6.07, 6.45) is 0. The highest BCUT2D eigenvalue weighted by atomic mass is 19.1. The van der Waals surface area contributed by atoms with E-state index in [9.17, 15) is 9.18 Å². The molecule has 5 nitrogen and oxygen atoms in total. The van der Waals surface area contributed by atoms with E-state index < -0.39 is 5.54 Å². The molecule has 2 amide bonds. The van der Waals surface area contributed by atoms with Gasteiger partial charge in [-0.3, -0.25) is 0 Å². The van der Waals surface area contributed by atoms with Crippen molar-refractivity contribution in [2.24, 2.45) is 0 Å². The maximum Gasteiger partial charge on any atom is 0.319 e. The fraction of sp³-hybridized carbons (Fsp3) is 0.235. The second-order valence-electron chi connectivity index (χ2n) is 5.78. The van der Waals surface area contributed by atoms with Crippen LogP contribution in [0, 0.1) is 5.82 Å². The van der Waals surface area contributed by atoms with Gasteiger partial charge < -0.3 is 20.1 Å². The van der Waals surface area contributed by atoms with Crippen molar-refractivity contribution in [3.63, 3.8) is 0 Å². The van der Waals surface area contributed by atoms with Crippen molar-refractivity contribution in [1.29, 1.82) is 0 Å². The molecule has 1 aliphatic heterocycles. The van der Waals surface area contributed by atoms with Crippen molar-refractivity contribution in [3.05, 3.63) is 53.8 Å². The number of rotatable bonds is 3. The van der Waals surface area contributed by atoms with Crippen molar-refractivity contribution in [1.82, 2.24) is 5.32 Å². The van der Waals surface area contributed by atoms with E-state index in [0.29, 0.717) is 17.2 Å². The average molecular weight is 316 g/mol. The number of hydrogen-bond donors (Lipinski definition) is 2. The van der Waals surface area contributed by atoms with Crippen LogP contribution in [0.4, 0.5) is 14.9 Å². The first kappa shape index (κ1) is 15.1. The lowest BCUT2D eigenvalue weighted by atomic mass is 9.94. The van der Waals surface area contributed by atoms with Gasteiger partial charge in [0.05, 0.1) is 5.54 Å². The Bertz CT molecular complexity index is 729. The fourth-order valence-electron chi connectivity index (χ4n) is 2.36. The highest BCUT2D eigenvalue weighted by Crippen LogP contribution is 2.34. The molecule has 1 aliphatic rings. The van der Waals surface area contributed by atoms with Crippen LogP contribution in [0.15, 0.2) is 42.5 Å².